The summed E-state index contributed by atoms with van der Waals surface area (Å²) < 4.78 is 10.3. The lowest BCUT2D eigenvalue weighted by Crippen LogP contribution is -2.36. The number of morpholine rings is 1. The van der Waals surface area contributed by atoms with Gasteiger partial charge in [0, 0.05) is 24.9 Å². The van der Waals surface area contributed by atoms with Crippen LogP contribution in [0.2, 0.25) is 0 Å². The molecule has 3 rings (SSSR count). The summed E-state index contributed by atoms with van der Waals surface area (Å²) in [5.41, 5.74) is 4.89. The van der Waals surface area contributed by atoms with Crippen molar-refractivity contribution in [2.24, 2.45) is 0 Å². The number of carbonyl (C=O) groups is 2. The zero-order valence-electron chi connectivity index (χ0n) is 17.0. The lowest BCUT2D eigenvalue weighted by Gasteiger charge is -2.29. The van der Waals surface area contributed by atoms with Gasteiger partial charge in [0.15, 0.2) is 0 Å². The number of amides is 1. The highest BCUT2D eigenvalue weighted by molar-refractivity contribution is 6.06. The van der Waals surface area contributed by atoms with Crippen LogP contribution in [0, 0.1) is 13.8 Å². The molecule has 1 aliphatic heterocycles. The van der Waals surface area contributed by atoms with E-state index < -0.39 is 5.97 Å². The second kappa shape index (κ2) is 9.39. The number of ether oxygens (including phenoxy) is 2. The van der Waals surface area contributed by atoms with E-state index in [2.05, 4.69) is 16.3 Å². The van der Waals surface area contributed by atoms with Gasteiger partial charge in [-0.1, -0.05) is 23.8 Å². The van der Waals surface area contributed by atoms with E-state index in [0.717, 1.165) is 29.9 Å². The van der Waals surface area contributed by atoms with E-state index in [1.807, 2.05) is 32.0 Å². The Morgan fingerprint density at radius 2 is 1.86 bits per heavy atom. The fourth-order valence-corrected chi connectivity index (χ4v) is 3.29. The van der Waals surface area contributed by atoms with Gasteiger partial charge in [-0.25, -0.2) is 4.79 Å². The summed E-state index contributed by atoms with van der Waals surface area (Å²) in [6, 6.07) is 11.4. The van der Waals surface area contributed by atoms with Gasteiger partial charge in [-0.15, -0.1) is 0 Å². The SMILES string of the molecule is COC(=O)c1cc(N2CCOCC2)ccc1NC(=O)/C=C/c1ccc(C)cc1C. The average molecular weight is 394 g/mol. The quantitative estimate of drug-likeness (QED) is 0.620. The summed E-state index contributed by atoms with van der Waals surface area (Å²) >= 11 is 0. The zero-order chi connectivity index (χ0) is 20.8. The number of carbonyl (C=O) groups excluding carboxylic acids is 2. The molecule has 0 unspecified atom stereocenters. The van der Waals surface area contributed by atoms with Crippen molar-refractivity contribution in [3.05, 3.63) is 64.7 Å². The molecule has 0 aromatic heterocycles. The van der Waals surface area contributed by atoms with Gasteiger partial charge in [-0.2, -0.15) is 0 Å². The van der Waals surface area contributed by atoms with Crippen molar-refractivity contribution in [3.63, 3.8) is 0 Å². The molecule has 152 valence electrons. The minimum atomic E-state index is -0.492. The first-order valence-corrected chi connectivity index (χ1v) is 9.59. The molecule has 2 aromatic carbocycles. The number of nitrogens with zero attached hydrogens (tertiary/aromatic N) is 1. The number of nitrogens with one attached hydrogen (secondary N) is 1. The van der Waals surface area contributed by atoms with E-state index in [1.165, 1.54) is 18.7 Å². The summed E-state index contributed by atoms with van der Waals surface area (Å²) in [4.78, 5) is 26.8. The minimum absolute atomic E-state index is 0.311. The van der Waals surface area contributed by atoms with Crippen LogP contribution in [0.1, 0.15) is 27.0 Å². The lowest BCUT2D eigenvalue weighted by atomic mass is 10.1. The van der Waals surface area contributed by atoms with Crippen molar-refractivity contribution in [1.29, 1.82) is 0 Å². The van der Waals surface area contributed by atoms with Crippen LogP contribution >= 0.6 is 0 Å². The van der Waals surface area contributed by atoms with Crippen LogP contribution in [0.4, 0.5) is 11.4 Å². The maximum Gasteiger partial charge on any atom is 0.340 e. The fourth-order valence-electron chi connectivity index (χ4n) is 3.29. The topological polar surface area (TPSA) is 67.9 Å². The maximum absolute atomic E-state index is 12.4. The molecule has 1 saturated heterocycles. The summed E-state index contributed by atoms with van der Waals surface area (Å²) in [7, 11) is 1.33. The first kappa shape index (κ1) is 20.6. The Kier molecular flexibility index (Phi) is 6.67. The van der Waals surface area contributed by atoms with Gasteiger partial charge in [0.25, 0.3) is 0 Å². The van der Waals surface area contributed by atoms with Gasteiger partial charge in [-0.05, 0) is 49.2 Å². The molecule has 0 aliphatic carbocycles. The molecule has 1 aliphatic rings. The second-order valence-electron chi connectivity index (χ2n) is 7.00. The molecule has 1 amide bonds. The third-order valence-electron chi connectivity index (χ3n) is 4.88. The largest absolute Gasteiger partial charge is 0.465 e. The Balaban J connectivity index is 1.78. The monoisotopic (exact) mass is 394 g/mol. The van der Waals surface area contributed by atoms with Gasteiger partial charge >= 0.3 is 5.97 Å². The van der Waals surface area contributed by atoms with Gasteiger partial charge in [0.1, 0.15) is 0 Å². The van der Waals surface area contributed by atoms with Crippen molar-refractivity contribution in [2.75, 3.05) is 43.6 Å². The summed E-state index contributed by atoms with van der Waals surface area (Å²) in [5.74, 6) is -0.803. The van der Waals surface area contributed by atoms with Crippen LogP contribution in [0.15, 0.2) is 42.5 Å². The van der Waals surface area contributed by atoms with E-state index in [1.54, 1.807) is 18.2 Å². The van der Waals surface area contributed by atoms with Crippen molar-refractivity contribution in [1.82, 2.24) is 0 Å². The Morgan fingerprint density at radius 1 is 1.10 bits per heavy atom. The average Bonchev–Trinajstić information content (AvgIpc) is 2.73. The van der Waals surface area contributed by atoms with Gasteiger partial charge in [0.05, 0.1) is 31.6 Å². The molecule has 1 fully saturated rings. The van der Waals surface area contributed by atoms with Gasteiger partial charge in [-0.3, -0.25) is 4.79 Å². The Morgan fingerprint density at radius 3 is 2.55 bits per heavy atom. The number of hydrogen-bond donors (Lipinski definition) is 1. The van der Waals surface area contributed by atoms with Gasteiger partial charge < -0.3 is 19.7 Å². The van der Waals surface area contributed by atoms with Crippen LogP contribution in [0.3, 0.4) is 0 Å². The number of esters is 1. The zero-order valence-corrected chi connectivity index (χ0v) is 17.0. The molecule has 0 spiro atoms. The molecular weight excluding hydrogens is 368 g/mol. The predicted octanol–water partition coefficient (Wildman–Crippen LogP) is 3.58. The van der Waals surface area contributed by atoms with Crippen LogP contribution in [0.5, 0.6) is 0 Å². The predicted molar refractivity (Wildman–Crippen MR) is 114 cm³/mol. The molecule has 0 saturated carbocycles. The highest BCUT2D eigenvalue weighted by Crippen LogP contribution is 2.25. The fraction of sp³-hybridized carbons (Fsp3) is 0.304. The minimum Gasteiger partial charge on any atom is -0.465 e. The highest BCUT2D eigenvalue weighted by atomic mass is 16.5. The Hall–Kier alpha value is -3.12. The molecule has 29 heavy (non-hydrogen) atoms. The number of rotatable bonds is 5. The first-order chi connectivity index (χ1) is 14.0. The van der Waals surface area contributed by atoms with Crippen molar-refractivity contribution in [2.45, 2.75) is 13.8 Å². The second-order valence-corrected chi connectivity index (χ2v) is 7.00. The van der Waals surface area contributed by atoms with Crippen LogP contribution in [-0.4, -0.2) is 45.3 Å². The third kappa shape index (κ3) is 5.23. The van der Waals surface area contributed by atoms with E-state index in [0.29, 0.717) is 24.5 Å². The highest BCUT2D eigenvalue weighted by Gasteiger charge is 2.18. The maximum atomic E-state index is 12.4. The third-order valence-corrected chi connectivity index (χ3v) is 4.88. The van der Waals surface area contributed by atoms with Crippen molar-refractivity contribution < 1.29 is 19.1 Å². The van der Waals surface area contributed by atoms with E-state index in [4.69, 9.17) is 9.47 Å². The molecule has 0 bridgehead atoms. The number of anilines is 2. The van der Waals surface area contributed by atoms with E-state index in [-0.39, 0.29) is 5.91 Å². The number of aryl methyl sites for hydroxylation is 2. The molecule has 0 atom stereocenters. The molecule has 2 aromatic rings. The smallest absolute Gasteiger partial charge is 0.340 e. The Bertz CT molecular complexity index is 930. The molecule has 6 nitrogen and oxygen atoms in total. The van der Waals surface area contributed by atoms with Gasteiger partial charge in [0.2, 0.25) is 5.91 Å². The number of benzene rings is 2. The molecule has 1 heterocycles. The molecule has 0 radical (unpaired) electrons. The van der Waals surface area contributed by atoms with E-state index in [9.17, 15) is 9.59 Å². The summed E-state index contributed by atoms with van der Waals surface area (Å²) in [6.45, 7) is 6.84. The number of hydrogen-bond acceptors (Lipinski definition) is 5. The lowest BCUT2D eigenvalue weighted by molar-refractivity contribution is -0.111. The van der Waals surface area contributed by atoms with Crippen LogP contribution < -0.4 is 10.2 Å². The molecule has 6 heteroatoms. The first-order valence-electron chi connectivity index (χ1n) is 9.59. The Labute approximate surface area is 171 Å². The molecule has 1 N–H and O–H groups in total. The van der Waals surface area contributed by atoms with Crippen LogP contribution in [0.25, 0.3) is 6.08 Å². The number of methoxy groups -OCH3 is 1. The normalized spacial score (nSPS) is 14.1. The van der Waals surface area contributed by atoms with Crippen molar-refractivity contribution >= 4 is 29.3 Å². The van der Waals surface area contributed by atoms with Crippen LogP contribution in [-0.2, 0) is 14.3 Å². The van der Waals surface area contributed by atoms with Crippen molar-refractivity contribution in [3.8, 4) is 0 Å². The summed E-state index contributed by atoms with van der Waals surface area (Å²) in [5, 5.41) is 2.79. The summed E-state index contributed by atoms with van der Waals surface area (Å²) in [6.07, 6.45) is 3.23. The van der Waals surface area contributed by atoms with E-state index >= 15 is 0 Å². The standard InChI is InChI=1S/C23H26N2O4/c1-16-4-5-18(17(2)14-16)6-9-22(26)24-21-8-7-19(15-20(21)23(27)28-3)25-10-12-29-13-11-25/h4-9,14-15H,10-13H2,1-3H3,(H,24,26)/b9-6+. The molecular formula is C23H26N2O4.